The van der Waals surface area contributed by atoms with Gasteiger partial charge in [-0.2, -0.15) is 0 Å². The molecule has 1 atom stereocenters. The fraction of sp³-hybridized carbons (Fsp3) is 0.368. The molecule has 1 unspecified atom stereocenters. The van der Waals surface area contributed by atoms with E-state index in [1.54, 1.807) is 31.4 Å². The third-order valence-electron chi connectivity index (χ3n) is 3.80. The number of sulfone groups is 1. The summed E-state index contributed by atoms with van der Waals surface area (Å²) in [6, 6.07) is 9.36. The van der Waals surface area contributed by atoms with Crippen LogP contribution in [0.2, 0.25) is 0 Å². The Morgan fingerprint density at radius 3 is 2.71 bits per heavy atom. The summed E-state index contributed by atoms with van der Waals surface area (Å²) < 4.78 is 41.2. The van der Waals surface area contributed by atoms with Crippen LogP contribution in [0.25, 0.3) is 0 Å². The van der Waals surface area contributed by atoms with Gasteiger partial charge < -0.3 is 15.4 Å². The second-order valence-electron chi connectivity index (χ2n) is 6.45. The Morgan fingerprint density at radius 2 is 2.11 bits per heavy atom. The van der Waals surface area contributed by atoms with Gasteiger partial charge in [0.15, 0.2) is 5.96 Å². The van der Waals surface area contributed by atoms with E-state index in [1.165, 1.54) is 18.4 Å². The number of guanidine groups is 1. The zero-order valence-corrected chi connectivity index (χ0v) is 17.0. The number of hydrogen-bond donors (Lipinski definition) is 2. The summed E-state index contributed by atoms with van der Waals surface area (Å²) in [5.74, 6) is 1.07. The molecule has 2 N–H and O–H groups in total. The Balaban J connectivity index is 1.84. The van der Waals surface area contributed by atoms with Gasteiger partial charge in [0.1, 0.15) is 21.4 Å². The lowest BCUT2D eigenvalue weighted by atomic mass is 10.2. The SMILES string of the molecule is CN=C(NCc1ccc(Oc2cccc(F)c2)nc1)NC(C)CCS(C)(=O)=O. The molecule has 152 valence electrons. The average Bonchev–Trinajstić information content (AvgIpc) is 2.64. The quantitative estimate of drug-likeness (QED) is 0.515. The molecule has 28 heavy (non-hydrogen) atoms. The number of aromatic nitrogens is 1. The van der Waals surface area contributed by atoms with E-state index in [1.807, 2.05) is 13.0 Å². The monoisotopic (exact) mass is 408 g/mol. The fourth-order valence-corrected chi connectivity index (χ4v) is 3.09. The minimum atomic E-state index is -2.99. The van der Waals surface area contributed by atoms with E-state index < -0.39 is 9.84 Å². The maximum absolute atomic E-state index is 13.2. The minimum Gasteiger partial charge on any atom is -0.439 e. The summed E-state index contributed by atoms with van der Waals surface area (Å²) in [6.45, 7) is 2.38. The molecule has 2 rings (SSSR count). The van der Waals surface area contributed by atoms with Crippen LogP contribution in [0.15, 0.2) is 47.6 Å². The first-order valence-electron chi connectivity index (χ1n) is 8.78. The van der Waals surface area contributed by atoms with Crippen molar-refractivity contribution in [3.8, 4) is 11.6 Å². The van der Waals surface area contributed by atoms with Crippen molar-refractivity contribution in [3.05, 3.63) is 54.0 Å². The molecule has 0 fully saturated rings. The van der Waals surface area contributed by atoms with E-state index in [0.29, 0.717) is 30.6 Å². The van der Waals surface area contributed by atoms with Crippen LogP contribution >= 0.6 is 0 Å². The van der Waals surface area contributed by atoms with Crippen LogP contribution in [0.5, 0.6) is 11.6 Å². The summed E-state index contributed by atoms with van der Waals surface area (Å²) in [7, 11) is -1.34. The summed E-state index contributed by atoms with van der Waals surface area (Å²) in [5, 5.41) is 6.30. The standard InChI is InChI=1S/C19H25FN4O3S/c1-14(9-10-28(3,25)26)24-19(21-2)23-13-15-7-8-18(22-12-15)27-17-6-4-5-16(20)11-17/h4-8,11-12,14H,9-10,13H2,1-3H3,(H2,21,23,24). The average molecular weight is 408 g/mol. The summed E-state index contributed by atoms with van der Waals surface area (Å²) in [6.07, 6.45) is 3.37. The van der Waals surface area contributed by atoms with Crippen LogP contribution in [0.1, 0.15) is 18.9 Å². The molecule has 7 nitrogen and oxygen atoms in total. The number of hydrogen-bond acceptors (Lipinski definition) is 5. The molecule has 1 aromatic heterocycles. The van der Waals surface area contributed by atoms with E-state index in [2.05, 4.69) is 20.6 Å². The van der Waals surface area contributed by atoms with Gasteiger partial charge in [-0.05, 0) is 31.0 Å². The molecule has 9 heteroatoms. The number of benzene rings is 1. The van der Waals surface area contributed by atoms with Crippen molar-refractivity contribution in [1.82, 2.24) is 15.6 Å². The Bertz CT molecular complexity index is 902. The van der Waals surface area contributed by atoms with Gasteiger partial charge in [0.25, 0.3) is 0 Å². The molecule has 0 radical (unpaired) electrons. The molecule has 0 aliphatic carbocycles. The smallest absolute Gasteiger partial charge is 0.219 e. The predicted molar refractivity (Wildman–Crippen MR) is 108 cm³/mol. The van der Waals surface area contributed by atoms with E-state index in [4.69, 9.17) is 4.74 Å². The van der Waals surface area contributed by atoms with Gasteiger partial charge in [-0.15, -0.1) is 0 Å². The maximum Gasteiger partial charge on any atom is 0.219 e. The first-order valence-corrected chi connectivity index (χ1v) is 10.8. The Morgan fingerprint density at radius 1 is 1.32 bits per heavy atom. The Kier molecular flexibility index (Phi) is 7.74. The van der Waals surface area contributed by atoms with E-state index in [9.17, 15) is 12.8 Å². The zero-order chi connectivity index (χ0) is 20.6. The van der Waals surface area contributed by atoms with Crippen LogP contribution in [0.3, 0.4) is 0 Å². The molecule has 0 spiro atoms. The van der Waals surface area contributed by atoms with Crippen molar-refractivity contribution in [2.75, 3.05) is 19.1 Å². The summed E-state index contributed by atoms with van der Waals surface area (Å²) in [4.78, 5) is 8.35. The second kappa shape index (κ2) is 10.0. The second-order valence-corrected chi connectivity index (χ2v) is 8.71. The molecule has 1 aromatic carbocycles. The van der Waals surface area contributed by atoms with Crippen molar-refractivity contribution in [1.29, 1.82) is 0 Å². The lowest BCUT2D eigenvalue weighted by Crippen LogP contribution is -2.42. The highest BCUT2D eigenvalue weighted by Gasteiger charge is 2.09. The Labute approximate surface area is 165 Å². The molecule has 0 saturated carbocycles. The van der Waals surface area contributed by atoms with Crippen molar-refractivity contribution in [3.63, 3.8) is 0 Å². The van der Waals surface area contributed by atoms with Gasteiger partial charge in [-0.25, -0.2) is 17.8 Å². The van der Waals surface area contributed by atoms with Crippen molar-refractivity contribution in [2.24, 2.45) is 4.99 Å². The fourth-order valence-electron chi connectivity index (χ4n) is 2.30. The third-order valence-corrected chi connectivity index (χ3v) is 4.78. The number of aliphatic imine (C=N–C) groups is 1. The van der Waals surface area contributed by atoms with E-state index in [-0.39, 0.29) is 17.6 Å². The molecule has 1 heterocycles. The molecule has 0 bridgehead atoms. The largest absolute Gasteiger partial charge is 0.439 e. The van der Waals surface area contributed by atoms with E-state index in [0.717, 1.165) is 5.56 Å². The Hall–Kier alpha value is -2.68. The van der Waals surface area contributed by atoms with Gasteiger partial charge in [-0.1, -0.05) is 12.1 Å². The van der Waals surface area contributed by atoms with Gasteiger partial charge in [0.05, 0.1) is 5.75 Å². The molecule has 0 saturated heterocycles. The molecule has 2 aromatic rings. The van der Waals surface area contributed by atoms with Gasteiger partial charge in [-0.3, -0.25) is 4.99 Å². The molecular formula is C19H25FN4O3S. The highest BCUT2D eigenvalue weighted by Crippen LogP contribution is 2.19. The molecular weight excluding hydrogens is 383 g/mol. The molecule has 0 aliphatic heterocycles. The number of nitrogens with one attached hydrogen (secondary N) is 2. The number of pyridine rings is 1. The van der Waals surface area contributed by atoms with Crippen LogP contribution in [-0.2, 0) is 16.4 Å². The van der Waals surface area contributed by atoms with Crippen molar-refractivity contribution >= 4 is 15.8 Å². The van der Waals surface area contributed by atoms with Crippen LogP contribution < -0.4 is 15.4 Å². The number of nitrogens with zero attached hydrogens (tertiary/aromatic N) is 2. The first kappa shape index (κ1) is 21.6. The van der Waals surface area contributed by atoms with Crippen LogP contribution in [0, 0.1) is 5.82 Å². The summed E-state index contributed by atoms with van der Waals surface area (Å²) in [5.41, 5.74) is 0.901. The van der Waals surface area contributed by atoms with Gasteiger partial charge in [0, 0.05) is 44.2 Å². The van der Waals surface area contributed by atoms with Crippen molar-refractivity contribution < 1.29 is 17.5 Å². The normalized spacial score (nSPS) is 13.1. The highest BCUT2D eigenvalue weighted by atomic mass is 32.2. The number of rotatable bonds is 8. The van der Waals surface area contributed by atoms with E-state index >= 15 is 0 Å². The van der Waals surface area contributed by atoms with Gasteiger partial charge >= 0.3 is 0 Å². The number of halogens is 1. The lowest BCUT2D eigenvalue weighted by Gasteiger charge is -2.17. The minimum absolute atomic E-state index is 0.0407. The van der Waals surface area contributed by atoms with Crippen molar-refractivity contribution in [2.45, 2.75) is 25.9 Å². The predicted octanol–water partition coefficient (Wildman–Crippen LogP) is 2.50. The summed E-state index contributed by atoms with van der Waals surface area (Å²) >= 11 is 0. The highest BCUT2D eigenvalue weighted by molar-refractivity contribution is 7.90. The van der Waals surface area contributed by atoms with Crippen LogP contribution in [0.4, 0.5) is 4.39 Å². The third kappa shape index (κ3) is 7.91. The molecule has 0 amide bonds. The topological polar surface area (TPSA) is 92.7 Å². The zero-order valence-electron chi connectivity index (χ0n) is 16.1. The maximum atomic E-state index is 13.2. The molecule has 0 aliphatic rings. The van der Waals surface area contributed by atoms with Crippen LogP contribution in [-0.4, -0.2) is 44.5 Å². The first-order chi connectivity index (χ1) is 13.2. The lowest BCUT2D eigenvalue weighted by molar-refractivity contribution is 0.457. The van der Waals surface area contributed by atoms with Gasteiger partial charge in [0.2, 0.25) is 5.88 Å². The number of ether oxygens (including phenoxy) is 1.